The predicted molar refractivity (Wildman–Crippen MR) is 124 cm³/mol. The summed E-state index contributed by atoms with van der Waals surface area (Å²) in [4.78, 5) is 8.94. The van der Waals surface area contributed by atoms with Crippen LogP contribution in [0.5, 0.6) is 5.75 Å². The van der Waals surface area contributed by atoms with Gasteiger partial charge in [0.15, 0.2) is 5.96 Å². The lowest BCUT2D eigenvalue weighted by molar-refractivity contribution is 0.0676. The molecule has 160 valence electrons. The molecule has 0 saturated carbocycles. The van der Waals surface area contributed by atoms with Crippen molar-refractivity contribution >= 4 is 29.9 Å². The van der Waals surface area contributed by atoms with Gasteiger partial charge in [0, 0.05) is 25.8 Å². The van der Waals surface area contributed by atoms with E-state index in [1.165, 1.54) is 5.56 Å². The number of ether oxygens (including phenoxy) is 2. The Kier molecular flexibility index (Phi) is 9.65. The van der Waals surface area contributed by atoms with Crippen LogP contribution in [0.2, 0.25) is 0 Å². The van der Waals surface area contributed by atoms with Crippen molar-refractivity contribution in [3.63, 3.8) is 0 Å². The summed E-state index contributed by atoms with van der Waals surface area (Å²) < 4.78 is 13.5. The molecule has 1 aromatic carbocycles. The van der Waals surface area contributed by atoms with E-state index in [1.54, 1.807) is 11.0 Å². The molecule has 0 amide bonds. The zero-order chi connectivity index (χ0) is 19.8. The number of aromatic nitrogens is 3. The van der Waals surface area contributed by atoms with Crippen molar-refractivity contribution in [2.24, 2.45) is 12.0 Å². The van der Waals surface area contributed by atoms with Crippen LogP contribution in [-0.2, 0) is 24.9 Å². The van der Waals surface area contributed by atoms with Crippen molar-refractivity contribution in [1.29, 1.82) is 0 Å². The number of guanidine groups is 1. The average Bonchev–Trinajstić information content (AvgIpc) is 3.35. The molecule has 1 aromatic heterocycles. The molecule has 0 radical (unpaired) electrons. The van der Waals surface area contributed by atoms with E-state index in [0.29, 0.717) is 19.7 Å². The maximum absolute atomic E-state index is 6.07. The van der Waals surface area contributed by atoms with Crippen molar-refractivity contribution < 1.29 is 9.47 Å². The highest BCUT2D eigenvalue weighted by molar-refractivity contribution is 14.0. The Hall–Kier alpha value is -1.88. The van der Waals surface area contributed by atoms with E-state index in [9.17, 15) is 0 Å². The van der Waals surface area contributed by atoms with Crippen molar-refractivity contribution in [3.8, 4) is 5.75 Å². The van der Waals surface area contributed by atoms with E-state index in [4.69, 9.17) is 14.5 Å². The van der Waals surface area contributed by atoms with Gasteiger partial charge in [-0.05, 0) is 38.3 Å². The molecule has 29 heavy (non-hydrogen) atoms. The molecule has 2 N–H and O–H groups in total. The molecular formula is C20H31IN6O2. The van der Waals surface area contributed by atoms with Gasteiger partial charge in [-0.2, -0.15) is 5.10 Å². The lowest BCUT2D eigenvalue weighted by Gasteiger charge is -2.15. The highest BCUT2D eigenvalue weighted by atomic mass is 127. The lowest BCUT2D eigenvalue weighted by Crippen LogP contribution is -2.37. The van der Waals surface area contributed by atoms with Crippen LogP contribution in [0.3, 0.4) is 0 Å². The highest BCUT2D eigenvalue weighted by Gasteiger charge is 2.17. The van der Waals surface area contributed by atoms with E-state index in [-0.39, 0.29) is 30.1 Å². The second-order valence-electron chi connectivity index (χ2n) is 6.91. The van der Waals surface area contributed by atoms with Crippen LogP contribution < -0.4 is 15.4 Å². The number of nitrogens with one attached hydrogen (secondary N) is 2. The summed E-state index contributed by atoms with van der Waals surface area (Å²) in [6.07, 6.45) is 3.92. The molecule has 1 unspecified atom stereocenters. The molecule has 3 rings (SSSR count). The maximum atomic E-state index is 6.07. The first-order valence-electron chi connectivity index (χ1n) is 9.84. The Morgan fingerprint density at radius 2 is 2.24 bits per heavy atom. The number of nitrogens with zero attached hydrogens (tertiary/aromatic N) is 4. The molecule has 0 bridgehead atoms. The van der Waals surface area contributed by atoms with Gasteiger partial charge in [-0.15, -0.1) is 24.0 Å². The number of benzene rings is 1. The molecule has 8 nitrogen and oxygen atoms in total. The topological polar surface area (TPSA) is 85.6 Å². The summed E-state index contributed by atoms with van der Waals surface area (Å²) in [5, 5.41) is 10.6. The third-order valence-electron chi connectivity index (χ3n) is 4.64. The molecule has 0 aliphatic carbocycles. The molecule has 9 heteroatoms. The first-order chi connectivity index (χ1) is 13.7. The Balaban J connectivity index is 0.00000300. The summed E-state index contributed by atoms with van der Waals surface area (Å²) >= 11 is 0. The molecule has 1 aliphatic heterocycles. The second kappa shape index (κ2) is 12.0. The zero-order valence-electron chi connectivity index (χ0n) is 17.4. The van der Waals surface area contributed by atoms with Gasteiger partial charge in [0.2, 0.25) is 0 Å². The van der Waals surface area contributed by atoms with Gasteiger partial charge in [0.05, 0.1) is 19.2 Å². The van der Waals surface area contributed by atoms with Crippen LogP contribution in [0.15, 0.2) is 29.5 Å². The maximum Gasteiger partial charge on any atom is 0.191 e. The van der Waals surface area contributed by atoms with Crippen LogP contribution in [0.25, 0.3) is 0 Å². The van der Waals surface area contributed by atoms with Crippen molar-refractivity contribution in [1.82, 2.24) is 25.4 Å². The van der Waals surface area contributed by atoms with Gasteiger partial charge in [0.25, 0.3) is 0 Å². The van der Waals surface area contributed by atoms with Crippen LogP contribution in [0.1, 0.15) is 36.7 Å². The summed E-state index contributed by atoms with van der Waals surface area (Å²) in [6.45, 7) is 7.39. The lowest BCUT2D eigenvalue weighted by atomic mass is 10.1. The van der Waals surface area contributed by atoms with E-state index in [1.807, 2.05) is 14.0 Å². The quantitative estimate of drug-likeness (QED) is 0.320. The Morgan fingerprint density at radius 3 is 2.93 bits per heavy atom. The standard InChI is InChI=1S/C20H30N6O2.HI/c1-4-21-20(23-12-19-24-14-25-26(19)3)22-11-16-8-7-15(2)10-18(16)28-13-17-6-5-9-27-17;/h7-8,10,14,17H,4-6,9,11-13H2,1-3H3,(H2,21,22,23);1H. The summed E-state index contributed by atoms with van der Waals surface area (Å²) in [5.41, 5.74) is 2.22. The molecule has 1 aliphatic rings. The first-order valence-corrected chi connectivity index (χ1v) is 9.84. The molecule has 1 fully saturated rings. The Labute approximate surface area is 189 Å². The van der Waals surface area contributed by atoms with E-state index < -0.39 is 0 Å². The van der Waals surface area contributed by atoms with Gasteiger partial charge < -0.3 is 20.1 Å². The fraction of sp³-hybridized carbons (Fsp3) is 0.550. The normalized spacial score (nSPS) is 16.4. The summed E-state index contributed by atoms with van der Waals surface area (Å²) in [7, 11) is 1.87. The number of aliphatic imine (C=N–C) groups is 1. The zero-order valence-corrected chi connectivity index (χ0v) is 19.7. The Morgan fingerprint density at radius 1 is 1.38 bits per heavy atom. The number of hydrogen-bond donors (Lipinski definition) is 2. The average molecular weight is 514 g/mol. The van der Waals surface area contributed by atoms with Crippen molar-refractivity contribution in [2.75, 3.05) is 19.8 Å². The minimum Gasteiger partial charge on any atom is -0.491 e. The fourth-order valence-electron chi connectivity index (χ4n) is 3.03. The van der Waals surface area contributed by atoms with E-state index >= 15 is 0 Å². The van der Waals surface area contributed by atoms with Gasteiger partial charge >= 0.3 is 0 Å². The van der Waals surface area contributed by atoms with Crippen molar-refractivity contribution in [3.05, 3.63) is 41.5 Å². The fourth-order valence-corrected chi connectivity index (χ4v) is 3.03. The molecule has 0 spiro atoms. The SMILES string of the molecule is CCNC(=NCc1ccc(C)cc1OCC1CCCO1)NCc1ncnn1C.I. The number of aryl methyl sites for hydroxylation is 2. The van der Waals surface area contributed by atoms with Crippen LogP contribution in [-0.4, -0.2) is 46.6 Å². The molecule has 1 saturated heterocycles. The molecule has 2 aromatic rings. The third-order valence-corrected chi connectivity index (χ3v) is 4.64. The van der Waals surface area contributed by atoms with Crippen LogP contribution in [0, 0.1) is 6.92 Å². The van der Waals surface area contributed by atoms with Crippen molar-refractivity contribution in [2.45, 2.75) is 45.9 Å². The first kappa shape index (κ1) is 23.4. The minimum absolute atomic E-state index is 0. The second-order valence-corrected chi connectivity index (χ2v) is 6.91. The van der Waals surface area contributed by atoms with Gasteiger partial charge in [-0.1, -0.05) is 12.1 Å². The number of hydrogen-bond acceptors (Lipinski definition) is 5. The van der Waals surface area contributed by atoms with E-state index in [2.05, 4.69) is 45.8 Å². The van der Waals surface area contributed by atoms with E-state index in [0.717, 1.165) is 49.1 Å². The van der Waals surface area contributed by atoms with Gasteiger partial charge in [0.1, 0.15) is 24.5 Å². The smallest absolute Gasteiger partial charge is 0.191 e. The largest absolute Gasteiger partial charge is 0.491 e. The van der Waals surface area contributed by atoms with Crippen LogP contribution in [0.4, 0.5) is 0 Å². The van der Waals surface area contributed by atoms with Crippen LogP contribution >= 0.6 is 24.0 Å². The van der Waals surface area contributed by atoms with Gasteiger partial charge in [-0.25, -0.2) is 9.98 Å². The van der Waals surface area contributed by atoms with Gasteiger partial charge in [-0.3, -0.25) is 4.68 Å². The number of halogens is 1. The molecule has 1 atom stereocenters. The summed E-state index contributed by atoms with van der Waals surface area (Å²) in [5.74, 6) is 2.46. The summed E-state index contributed by atoms with van der Waals surface area (Å²) in [6, 6.07) is 6.24. The Bertz CT molecular complexity index is 789. The number of rotatable bonds is 8. The molecule has 2 heterocycles. The monoisotopic (exact) mass is 514 g/mol. The highest BCUT2D eigenvalue weighted by Crippen LogP contribution is 2.23. The molecular weight excluding hydrogens is 483 g/mol. The third kappa shape index (κ3) is 7.14. The minimum atomic E-state index is 0. The predicted octanol–water partition coefficient (Wildman–Crippen LogP) is 2.55.